The van der Waals surface area contributed by atoms with Crippen LogP contribution in [0.15, 0.2) is 42.5 Å². The summed E-state index contributed by atoms with van der Waals surface area (Å²) in [7, 11) is 0. The summed E-state index contributed by atoms with van der Waals surface area (Å²) in [4.78, 5) is 16.8. The van der Waals surface area contributed by atoms with Crippen LogP contribution in [0.25, 0.3) is 10.2 Å². The predicted octanol–water partition coefficient (Wildman–Crippen LogP) is 4.51. The molecule has 5 heteroatoms. The Labute approximate surface area is 139 Å². The van der Waals surface area contributed by atoms with Crippen molar-refractivity contribution in [1.29, 1.82) is 0 Å². The number of anilines is 1. The fourth-order valence-electron chi connectivity index (χ4n) is 2.31. The number of hydrogen-bond acceptors (Lipinski definition) is 4. The molecule has 118 valence electrons. The summed E-state index contributed by atoms with van der Waals surface area (Å²) in [5.41, 5.74) is 2.73. The van der Waals surface area contributed by atoms with Crippen molar-refractivity contribution in [2.75, 3.05) is 11.9 Å². The maximum absolute atomic E-state index is 12.4. The Kier molecular flexibility index (Phi) is 4.57. The van der Waals surface area contributed by atoms with Gasteiger partial charge in [-0.3, -0.25) is 10.1 Å². The van der Waals surface area contributed by atoms with Crippen molar-refractivity contribution in [2.45, 2.75) is 20.3 Å². The van der Waals surface area contributed by atoms with Crippen LogP contribution in [0.1, 0.15) is 29.8 Å². The molecule has 3 aromatic rings. The molecule has 4 nitrogen and oxygen atoms in total. The van der Waals surface area contributed by atoms with Gasteiger partial charge in [0.05, 0.1) is 16.8 Å². The Morgan fingerprint density at radius 2 is 2.09 bits per heavy atom. The zero-order valence-corrected chi connectivity index (χ0v) is 13.9. The number of carbonyl (C=O) groups excluding carboxylic acids is 1. The van der Waals surface area contributed by atoms with Crippen LogP contribution in [-0.4, -0.2) is 17.5 Å². The van der Waals surface area contributed by atoms with Crippen molar-refractivity contribution in [3.63, 3.8) is 0 Å². The van der Waals surface area contributed by atoms with E-state index in [0.717, 1.165) is 16.6 Å². The summed E-state index contributed by atoms with van der Waals surface area (Å²) in [5, 5.41) is 3.48. The van der Waals surface area contributed by atoms with Crippen LogP contribution in [0.3, 0.4) is 0 Å². The van der Waals surface area contributed by atoms with Crippen LogP contribution in [0, 0.1) is 0 Å². The molecule has 0 unspecified atom stereocenters. The fourth-order valence-corrected chi connectivity index (χ4v) is 3.23. The second kappa shape index (κ2) is 6.79. The number of aromatic nitrogens is 1. The Balaban J connectivity index is 1.80. The van der Waals surface area contributed by atoms with Crippen molar-refractivity contribution in [1.82, 2.24) is 4.98 Å². The van der Waals surface area contributed by atoms with Gasteiger partial charge in [0.15, 0.2) is 5.13 Å². The van der Waals surface area contributed by atoms with Crippen molar-refractivity contribution in [3.05, 3.63) is 53.6 Å². The molecule has 1 N–H and O–H groups in total. The number of amides is 1. The van der Waals surface area contributed by atoms with E-state index in [2.05, 4.69) is 29.4 Å². The van der Waals surface area contributed by atoms with E-state index in [1.807, 2.05) is 25.1 Å². The third-order valence-electron chi connectivity index (χ3n) is 3.49. The molecule has 0 bridgehead atoms. The summed E-state index contributed by atoms with van der Waals surface area (Å²) in [6.45, 7) is 4.61. The summed E-state index contributed by atoms with van der Waals surface area (Å²) < 4.78 is 6.51. The quantitative estimate of drug-likeness (QED) is 0.750. The number of nitrogens with one attached hydrogen (secondary N) is 1. The lowest BCUT2D eigenvalue weighted by atomic mass is 10.2. The number of ether oxygens (including phenoxy) is 1. The largest absolute Gasteiger partial charge is 0.494 e. The molecule has 1 aromatic heterocycles. The zero-order chi connectivity index (χ0) is 16.2. The van der Waals surface area contributed by atoms with Crippen LogP contribution < -0.4 is 10.1 Å². The third kappa shape index (κ3) is 3.51. The first-order valence-corrected chi connectivity index (χ1v) is 8.45. The molecule has 0 aliphatic carbocycles. The first-order valence-electron chi connectivity index (χ1n) is 7.63. The number of benzene rings is 2. The molecule has 0 fully saturated rings. The Hall–Kier alpha value is -2.40. The van der Waals surface area contributed by atoms with Gasteiger partial charge in [0.2, 0.25) is 0 Å². The lowest BCUT2D eigenvalue weighted by molar-refractivity contribution is 0.102. The standard InChI is InChI=1S/C18H18N2O2S/c1-3-12-8-9-15-16(10-12)23-18(19-15)20-17(21)13-6-5-7-14(11-13)22-4-2/h5-11H,3-4H2,1-2H3,(H,19,20,21). The lowest BCUT2D eigenvalue weighted by Gasteiger charge is -2.05. The van der Waals surface area contributed by atoms with E-state index in [4.69, 9.17) is 4.74 Å². The van der Waals surface area contributed by atoms with E-state index >= 15 is 0 Å². The topological polar surface area (TPSA) is 51.2 Å². The highest BCUT2D eigenvalue weighted by molar-refractivity contribution is 7.22. The Bertz CT molecular complexity index is 842. The van der Waals surface area contributed by atoms with E-state index in [1.165, 1.54) is 16.9 Å². The van der Waals surface area contributed by atoms with Gasteiger partial charge in [-0.25, -0.2) is 4.98 Å². The molecule has 23 heavy (non-hydrogen) atoms. The van der Waals surface area contributed by atoms with Gasteiger partial charge in [-0.15, -0.1) is 0 Å². The zero-order valence-electron chi connectivity index (χ0n) is 13.1. The first kappa shape index (κ1) is 15.5. The minimum Gasteiger partial charge on any atom is -0.494 e. The SMILES string of the molecule is CCOc1cccc(C(=O)Nc2nc3ccc(CC)cc3s2)c1. The molecule has 0 saturated carbocycles. The summed E-state index contributed by atoms with van der Waals surface area (Å²) >= 11 is 1.49. The summed E-state index contributed by atoms with van der Waals surface area (Å²) in [6.07, 6.45) is 0.986. The van der Waals surface area contributed by atoms with Crippen molar-refractivity contribution in [3.8, 4) is 5.75 Å². The van der Waals surface area contributed by atoms with Gasteiger partial charge in [-0.2, -0.15) is 0 Å². The average Bonchev–Trinajstić information content (AvgIpc) is 2.96. The van der Waals surface area contributed by atoms with E-state index in [0.29, 0.717) is 23.1 Å². The molecule has 0 spiro atoms. The van der Waals surface area contributed by atoms with Crippen molar-refractivity contribution >= 4 is 32.6 Å². The highest BCUT2D eigenvalue weighted by Crippen LogP contribution is 2.27. The van der Waals surface area contributed by atoms with Crippen LogP contribution >= 0.6 is 11.3 Å². The Morgan fingerprint density at radius 1 is 1.22 bits per heavy atom. The third-order valence-corrected chi connectivity index (χ3v) is 4.42. The minimum atomic E-state index is -0.179. The molecule has 1 heterocycles. The first-order chi connectivity index (χ1) is 11.2. The monoisotopic (exact) mass is 326 g/mol. The molecule has 0 radical (unpaired) electrons. The highest BCUT2D eigenvalue weighted by Gasteiger charge is 2.11. The number of rotatable bonds is 5. The molecule has 2 aromatic carbocycles. The number of carbonyl (C=O) groups is 1. The maximum Gasteiger partial charge on any atom is 0.257 e. The smallest absolute Gasteiger partial charge is 0.257 e. The summed E-state index contributed by atoms with van der Waals surface area (Å²) in [5.74, 6) is 0.512. The van der Waals surface area contributed by atoms with Crippen LogP contribution in [0.4, 0.5) is 5.13 Å². The van der Waals surface area contributed by atoms with Gasteiger partial charge in [-0.05, 0) is 49.2 Å². The van der Waals surface area contributed by atoms with Crippen molar-refractivity contribution < 1.29 is 9.53 Å². The fraction of sp³-hybridized carbons (Fsp3) is 0.222. The highest BCUT2D eigenvalue weighted by atomic mass is 32.1. The molecular weight excluding hydrogens is 308 g/mol. The van der Waals surface area contributed by atoms with E-state index in [1.54, 1.807) is 12.1 Å². The Morgan fingerprint density at radius 3 is 2.87 bits per heavy atom. The van der Waals surface area contributed by atoms with Gasteiger partial charge in [0, 0.05) is 5.56 Å². The number of fused-ring (bicyclic) bond motifs is 1. The summed E-state index contributed by atoms with van der Waals surface area (Å²) in [6, 6.07) is 13.3. The number of nitrogens with zero attached hydrogens (tertiary/aromatic N) is 1. The van der Waals surface area contributed by atoms with Crippen molar-refractivity contribution in [2.24, 2.45) is 0 Å². The van der Waals surface area contributed by atoms with Crippen LogP contribution in [0.5, 0.6) is 5.75 Å². The second-order valence-electron chi connectivity index (χ2n) is 5.09. The molecule has 0 saturated heterocycles. The average molecular weight is 326 g/mol. The predicted molar refractivity (Wildman–Crippen MR) is 94.6 cm³/mol. The molecular formula is C18H18N2O2S. The molecule has 1 amide bonds. The molecule has 0 aliphatic heterocycles. The minimum absolute atomic E-state index is 0.179. The molecule has 3 rings (SSSR count). The number of aryl methyl sites for hydroxylation is 1. The molecule has 0 atom stereocenters. The van der Waals surface area contributed by atoms with E-state index in [-0.39, 0.29) is 5.91 Å². The van der Waals surface area contributed by atoms with E-state index in [9.17, 15) is 4.79 Å². The van der Waals surface area contributed by atoms with Gasteiger partial charge in [-0.1, -0.05) is 30.4 Å². The normalized spacial score (nSPS) is 10.7. The second-order valence-corrected chi connectivity index (χ2v) is 6.12. The van der Waals surface area contributed by atoms with Crippen LogP contribution in [0.2, 0.25) is 0 Å². The van der Waals surface area contributed by atoms with Crippen LogP contribution in [-0.2, 0) is 6.42 Å². The van der Waals surface area contributed by atoms with Gasteiger partial charge < -0.3 is 4.74 Å². The molecule has 0 aliphatic rings. The lowest BCUT2D eigenvalue weighted by Crippen LogP contribution is -2.11. The van der Waals surface area contributed by atoms with E-state index < -0.39 is 0 Å². The maximum atomic E-state index is 12.4. The van der Waals surface area contributed by atoms with Gasteiger partial charge in [0.1, 0.15) is 5.75 Å². The number of hydrogen-bond donors (Lipinski definition) is 1. The van der Waals surface area contributed by atoms with Gasteiger partial charge in [0.25, 0.3) is 5.91 Å². The number of thiazole rings is 1. The van der Waals surface area contributed by atoms with Gasteiger partial charge >= 0.3 is 0 Å².